The van der Waals surface area contributed by atoms with E-state index >= 15 is 0 Å². The molecule has 7 nitrogen and oxygen atoms in total. The van der Waals surface area contributed by atoms with Crippen molar-refractivity contribution in [3.8, 4) is 5.75 Å². The highest BCUT2D eigenvalue weighted by Crippen LogP contribution is 2.31. The highest BCUT2D eigenvalue weighted by atomic mass is 32.2. The fourth-order valence-corrected chi connectivity index (χ4v) is 5.61. The van der Waals surface area contributed by atoms with E-state index in [-0.39, 0.29) is 16.9 Å². The number of likely N-dealkylation sites (tertiary alicyclic amines) is 1. The zero-order valence-corrected chi connectivity index (χ0v) is 19.0. The van der Waals surface area contributed by atoms with Crippen LogP contribution < -0.4 is 10.1 Å². The van der Waals surface area contributed by atoms with Crippen LogP contribution >= 0.6 is 0 Å². The van der Waals surface area contributed by atoms with Crippen LogP contribution in [0.25, 0.3) is 0 Å². The number of hydrogen-bond donors (Lipinski definition) is 1. The average molecular weight is 438 g/mol. The molecule has 168 valence electrons. The fraction of sp³-hybridized carbons (Fsp3) is 0.682. The van der Waals surface area contributed by atoms with Crippen molar-refractivity contribution in [2.24, 2.45) is 0 Å². The first-order valence-electron chi connectivity index (χ1n) is 11.2. The summed E-state index contributed by atoms with van der Waals surface area (Å²) >= 11 is 0. The molecule has 0 spiro atoms. The number of anilines is 1. The minimum atomic E-state index is -3.58. The number of carbonyl (C=O) groups is 1. The van der Waals surface area contributed by atoms with Crippen molar-refractivity contribution in [2.45, 2.75) is 69.8 Å². The first-order valence-corrected chi connectivity index (χ1v) is 12.6. The van der Waals surface area contributed by atoms with E-state index in [1.54, 1.807) is 18.2 Å². The lowest BCUT2D eigenvalue weighted by molar-refractivity contribution is -0.117. The molecule has 3 rings (SSSR count). The van der Waals surface area contributed by atoms with Gasteiger partial charge in [0.05, 0.1) is 23.2 Å². The van der Waals surface area contributed by atoms with Crippen LogP contribution in [0.15, 0.2) is 23.1 Å². The van der Waals surface area contributed by atoms with Gasteiger partial charge in [-0.1, -0.05) is 19.3 Å². The molecule has 0 bridgehead atoms. The lowest BCUT2D eigenvalue weighted by atomic mass is 10.2. The molecule has 1 N–H and O–H groups in total. The molecule has 1 amide bonds. The second kappa shape index (κ2) is 10.6. The third-order valence-electron chi connectivity index (χ3n) is 5.61. The Morgan fingerprint density at radius 1 is 1.00 bits per heavy atom. The van der Waals surface area contributed by atoms with E-state index in [0.29, 0.717) is 31.1 Å². The molecule has 30 heavy (non-hydrogen) atoms. The first kappa shape index (κ1) is 23.0. The largest absolute Gasteiger partial charge is 0.489 e. The minimum Gasteiger partial charge on any atom is -0.489 e. The minimum absolute atomic E-state index is 0.0872. The maximum absolute atomic E-state index is 13.1. The average Bonchev–Trinajstić information content (AvgIpc) is 2.98. The van der Waals surface area contributed by atoms with Gasteiger partial charge >= 0.3 is 0 Å². The van der Waals surface area contributed by atoms with Gasteiger partial charge in [-0.2, -0.15) is 4.31 Å². The van der Waals surface area contributed by atoms with Crippen LogP contribution in [0.5, 0.6) is 5.75 Å². The Morgan fingerprint density at radius 3 is 2.23 bits per heavy atom. The van der Waals surface area contributed by atoms with Crippen LogP contribution in [0, 0.1) is 0 Å². The number of nitrogens with one attached hydrogen (secondary N) is 1. The van der Waals surface area contributed by atoms with Crippen LogP contribution in [0.1, 0.15) is 58.8 Å². The molecule has 2 saturated heterocycles. The van der Waals surface area contributed by atoms with Crippen LogP contribution in [0.2, 0.25) is 0 Å². The van der Waals surface area contributed by atoms with Crippen LogP contribution in [-0.2, 0) is 14.8 Å². The quantitative estimate of drug-likeness (QED) is 0.707. The molecule has 0 aromatic heterocycles. The van der Waals surface area contributed by atoms with Gasteiger partial charge in [0, 0.05) is 13.1 Å². The summed E-state index contributed by atoms with van der Waals surface area (Å²) < 4.78 is 33.5. The van der Waals surface area contributed by atoms with E-state index in [4.69, 9.17) is 4.74 Å². The van der Waals surface area contributed by atoms with Crippen molar-refractivity contribution in [2.75, 3.05) is 38.0 Å². The fourth-order valence-electron chi connectivity index (χ4n) is 4.07. The Balaban J connectivity index is 1.79. The van der Waals surface area contributed by atoms with Crippen LogP contribution in [0.3, 0.4) is 0 Å². The van der Waals surface area contributed by atoms with E-state index < -0.39 is 10.0 Å². The summed E-state index contributed by atoms with van der Waals surface area (Å²) in [7, 11) is -3.58. The van der Waals surface area contributed by atoms with Crippen molar-refractivity contribution in [1.82, 2.24) is 9.21 Å². The smallest absolute Gasteiger partial charge is 0.243 e. The van der Waals surface area contributed by atoms with Gasteiger partial charge in [0.25, 0.3) is 0 Å². The van der Waals surface area contributed by atoms with E-state index in [0.717, 1.165) is 45.2 Å². The van der Waals surface area contributed by atoms with E-state index in [1.165, 1.54) is 17.1 Å². The van der Waals surface area contributed by atoms with Crippen molar-refractivity contribution in [3.05, 3.63) is 18.2 Å². The molecular formula is C22H35N3O4S. The normalized spacial score (nSPS) is 19.4. The topological polar surface area (TPSA) is 79.0 Å². The molecule has 0 saturated carbocycles. The Morgan fingerprint density at radius 2 is 1.60 bits per heavy atom. The second-order valence-corrected chi connectivity index (χ2v) is 10.5. The highest BCUT2D eigenvalue weighted by molar-refractivity contribution is 7.89. The summed E-state index contributed by atoms with van der Waals surface area (Å²) in [6, 6.07) is 4.77. The molecule has 8 heteroatoms. The van der Waals surface area contributed by atoms with Gasteiger partial charge in [-0.3, -0.25) is 9.69 Å². The van der Waals surface area contributed by atoms with Gasteiger partial charge in [-0.15, -0.1) is 0 Å². The molecule has 0 radical (unpaired) electrons. The van der Waals surface area contributed by atoms with E-state index in [1.807, 2.05) is 13.8 Å². The summed E-state index contributed by atoms with van der Waals surface area (Å²) in [6.07, 6.45) is 7.38. The van der Waals surface area contributed by atoms with Gasteiger partial charge in [0.1, 0.15) is 5.75 Å². The van der Waals surface area contributed by atoms with Crippen molar-refractivity contribution in [3.63, 3.8) is 0 Å². The summed E-state index contributed by atoms with van der Waals surface area (Å²) in [6.45, 7) is 7.05. The standard InChI is InChI=1S/C22H35N3O4S/c1-18(2)29-21-11-10-19(30(27,28)25-14-8-5-9-15-25)16-20(21)23-22(26)17-24-12-6-3-4-7-13-24/h10-11,16,18H,3-9,12-15,17H2,1-2H3,(H,23,26). The molecule has 0 atom stereocenters. The third-order valence-corrected chi connectivity index (χ3v) is 7.50. The van der Waals surface area contributed by atoms with Crippen molar-refractivity contribution in [1.29, 1.82) is 0 Å². The number of sulfonamides is 1. The van der Waals surface area contributed by atoms with E-state index in [9.17, 15) is 13.2 Å². The number of rotatable bonds is 7. The summed E-state index contributed by atoms with van der Waals surface area (Å²) in [5.41, 5.74) is 0.418. The summed E-state index contributed by atoms with van der Waals surface area (Å²) in [5.74, 6) is 0.352. The molecule has 2 heterocycles. The Bertz CT molecular complexity index is 812. The van der Waals surface area contributed by atoms with Crippen LogP contribution in [-0.4, -0.2) is 62.4 Å². The van der Waals surface area contributed by atoms with Gasteiger partial charge in [-0.05, 0) is 70.8 Å². The number of carbonyl (C=O) groups excluding carboxylic acids is 1. The number of nitrogens with zero attached hydrogens (tertiary/aromatic N) is 2. The van der Waals surface area contributed by atoms with Crippen LogP contribution in [0.4, 0.5) is 5.69 Å². The first-order chi connectivity index (χ1) is 14.4. The maximum atomic E-state index is 13.1. The van der Waals surface area contributed by atoms with Gasteiger partial charge in [-0.25, -0.2) is 8.42 Å². The Labute approximate surface area is 180 Å². The zero-order valence-electron chi connectivity index (χ0n) is 18.2. The third kappa shape index (κ3) is 6.18. The molecular weight excluding hydrogens is 402 g/mol. The number of piperidine rings is 1. The molecule has 1 aromatic carbocycles. The van der Waals surface area contributed by atoms with Gasteiger partial charge in [0.2, 0.25) is 15.9 Å². The Kier molecular flexibility index (Phi) is 8.13. The van der Waals surface area contributed by atoms with Crippen molar-refractivity contribution < 1.29 is 17.9 Å². The molecule has 2 aliphatic heterocycles. The Hall–Kier alpha value is -1.64. The second-order valence-electron chi connectivity index (χ2n) is 8.53. The number of benzene rings is 1. The highest BCUT2D eigenvalue weighted by Gasteiger charge is 2.27. The zero-order chi connectivity index (χ0) is 21.6. The van der Waals surface area contributed by atoms with Gasteiger partial charge < -0.3 is 10.1 Å². The van der Waals surface area contributed by atoms with Gasteiger partial charge in [0.15, 0.2) is 0 Å². The number of amides is 1. The number of hydrogen-bond acceptors (Lipinski definition) is 5. The van der Waals surface area contributed by atoms with Crippen molar-refractivity contribution >= 4 is 21.6 Å². The molecule has 1 aromatic rings. The van der Waals surface area contributed by atoms with E-state index in [2.05, 4.69) is 10.2 Å². The molecule has 2 fully saturated rings. The molecule has 0 unspecified atom stereocenters. The molecule has 2 aliphatic rings. The SMILES string of the molecule is CC(C)Oc1ccc(S(=O)(=O)N2CCCCC2)cc1NC(=O)CN1CCCCCC1. The lowest BCUT2D eigenvalue weighted by Crippen LogP contribution is -2.36. The summed E-state index contributed by atoms with van der Waals surface area (Å²) in [4.78, 5) is 15.1. The predicted molar refractivity (Wildman–Crippen MR) is 118 cm³/mol. The monoisotopic (exact) mass is 437 g/mol. The number of ether oxygens (including phenoxy) is 1. The summed E-state index contributed by atoms with van der Waals surface area (Å²) in [5, 5.41) is 2.91. The predicted octanol–water partition coefficient (Wildman–Crippen LogP) is 3.46. The maximum Gasteiger partial charge on any atom is 0.243 e. The lowest BCUT2D eigenvalue weighted by Gasteiger charge is -2.26. The molecule has 0 aliphatic carbocycles.